The minimum Gasteiger partial charge on any atom is -0.445 e. The van der Waals surface area contributed by atoms with E-state index in [9.17, 15) is 26.4 Å². The maximum absolute atomic E-state index is 13.2. The van der Waals surface area contributed by atoms with Crippen LogP contribution in [0.4, 0.5) is 18.0 Å². The number of nitrogens with one attached hydrogen (secondary N) is 1. The van der Waals surface area contributed by atoms with Crippen LogP contribution in [0.25, 0.3) is 0 Å². The summed E-state index contributed by atoms with van der Waals surface area (Å²) < 4.78 is 67.5. The predicted octanol–water partition coefficient (Wildman–Crippen LogP) is 4.24. The Kier molecular flexibility index (Phi) is 6.72. The van der Waals surface area contributed by atoms with Crippen LogP contribution in [0.2, 0.25) is 0 Å². The van der Waals surface area contributed by atoms with Crippen molar-refractivity contribution < 1.29 is 31.1 Å². The third-order valence-corrected chi connectivity index (χ3v) is 4.62. The lowest BCUT2D eigenvalue weighted by Crippen LogP contribution is -2.34. The van der Waals surface area contributed by atoms with Gasteiger partial charge in [0.2, 0.25) is 9.05 Å². The third kappa shape index (κ3) is 6.76. The maximum Gasteiger partial charge on any atom is 0.416 e. The molecular formula is C17H15ClF3NO4S. The summed E-state index contributed by atoms with van der Waals surface area (Å²) in [6.45, 7) is -0.131. The average molecular weight is 422 g/mol. The number of alkyl halides is 3. The quantitative estimate of drug-likeness (QED) is 0.708. The minimum atomic E-state index is -4.74. The van der Waals surface area contributed by atoms with E-state index in [1.54, 1.807) is 30.3 Å². The molecule has 1 unspecified atom stereocenters. The Morgan fingerprint density at radius 2 is 1.67 bits per heavy atom. The molecular weight excluding hydrogens is 407 g/mol. The molecule has 2 aromatic carbocycles. The molecule has 0 heterocycles. The number of amides is 1. The van der Waals surface area contributed by atoms with Gasteiger partial charge in [-0.15, -0.1) is 0 Å². The highest BCUT2D eigenvalue weighted by molar-refractivity contribution is 8.13. The molecule has 10 heteroatoms. The molecule has 0 aliphatic carbocycles. The zero-order chi connectivity index (χ0) is 20.1. The number of hydrogen-bond acceptors (Lipinski definition) is 4. The second-order valence-electron chi connectivity index (χ2n) is 5.55. The summed E-state index contributed by atoms with van der Waals surface area (Å²) in [5.41, 5.74) is -0.839. The topological polar surface area (TPSA) is 72.5 Å². The van der Waals surface area contributed by atoms with Crippen molar-refractivity contribution >= 4 is 25.8 Å². The monoisotopic (exact) mass is 421 g/mol. The van der Waals surface area contributed by atoms with Crippen LogP contribution in [-0.2, 0) is 26.6 Å². The van der Waals surface area contributed by atoms with Crippen LogP contribution in [0.5, 0.6) is 0 Å². The van der Waals surface area contributed by atoms with Gasteiger partial charge in [0.25, 0.3) is 0 Å². The first-order valence-corrected chi connectivity index (χ1v) is 10.1. The number of halogens is 4. The molecule has 27 heavy (non-hydrogen) atoms. The van der Waals surface area contributed by atoms with Gasteiger partial charge in [0.05, 0.1) is 17.4 Å². The molecule has 0 aliphatic rings. The zero-order valence-electron chi connectivity index (χ0n) is 13.7. The Balaban J connectivity index is 2.22. The summed E-state index contributed by atoms with van der Waals surface area (Å²) in [5.74, 6) is -0.928. The normalized spacial score (nSPS) is 13.0. The molecule has 0 radical (unpaired) electrons. The first kappa shape index (κ1) is 21.0. The fourth-order valence-corrected chi connectivity index (χ4v) is 3.41. The highest BCUT2D eigenvalue weighted by Crippen LogP contribution is 2.35. The van der Waals surface area contributed by atoms with Crippen LogP contribution in [0.15, 0.2) is 54.6 Å². The number of carbonyl (C=O) groups excluding carboxylic acids is 1. The van der Waals surface area contributed by atoms with Crippen LogP contribution < -0.4 is 5.32 Å². The number of ether oxygens (including phenoxy) is 1. The molecule has 0 saturated carbocycles. The average Bonchev–Trinajstić information content (AvgIpc) is 2.58. The van der Waals surface area contributed by atoms with E-state index >= 15 is 0 Å². The lowest BCUT2D eigenvalue weighted by molar-refractivity contribution is -0.138. The Labute approximate surface area is 158 Å². The van der Waals surface area contributed by atoms with E-state index in [4.69, 9.17) is 15.4 Å². The lowest BCUT2D eigenvalue weighted by atomic mass is 10.0. The Morgan fingerprint density at radius 1 is 1.07 bits per heavy atom. The summed E-state index contributed by atoms with van der Waals surface area (Å²) >= 11 is 0. The molecule has 0 bridgehead atoms. The zero-order valence-corrected chi connectivity index (χ0v) is 15.3. The lowest BCUT2D eigenvalue weighted by Gasteiger charge is -2.21. The second-order valence-corrected chi connectivity index (χ2v) is 8.37. The molecule has 2 rings (SSSR count). The van der Waals surface area contributed by atoms with Crippen LogP contribution in [0.1, 0.15) is 22.7 Å². The van der Waals surface area contributed by atoms with Crippen LogP contribution in [0.3, 0.4) is 0 Å². The number of carbonyl (C=O) groups is 1. The van der Waals surface area contributed by atoms with Crippen molar-refractivity contribution in [3.05, 3.63) is 71.3 Å². The molecule has 0 saturated heterocycles. The van der Waals surface area contributed by atoms with E-state index in [-0.39, 0.29) is 6.61 Å². The van der Waals surface area contributed by atoms with E-state index in [1.165, 1.54) is 6.07 Å². The second kappa shape index (κ2) is 8.62. The van der Waals surface area contributed by atoms with E-state index in [2.05, 4.69) is 5.32 Å². The van der Waals surface area contributed by atoms with Crippen molar-refractivity contribution in [3.8, 4) is 0 Å². The van der Waals surface area contributed by atoms with Crippen molar-refractivity contribution in [2.75, 3.05) is 5.75 Å². The Morgan fingerprint density at radius 3 is 2.26 bits per heavy atom. The number of hydrogen-bond donors (Lipinski definition) is 1. The van der Waals surface area contributed by atoms with Crippen LogP contribution >= 0.6 is 10.7 Å². The molecule has 0 aromatic heterocycles. The van der Waals surface area contributed by atoms with Gasteiger partial charge in [0.1, 0.15) is 6.61 Å². The van der Waals surface area contributed by atoms with Crippen LogP contribution in [0, 0.1) is 0 Å². The van der Waals surface area contributed by atoms with Gasteiger partial charge >= 0.3 is 12.3 Å². The van der Waals surface area contributed by atoms with Crippen LogP contribution in [-0.4, -0.2) is 20.3 Å². The van der Waals surface area contributed by atoms with Crippen molar-refractivity contribution in [1.29, 1.82) is 0 Å². The number of benzene rings is 2. The fourth-order valence-electron chi connectivity index (χ4n) is 2.37. The van der Waals surface area contributed by atoms with E-state index in [0.29, 0.717) is 5.56 Å². The van der Waals surface area contributed by atoms with Crippen molar-refractivity contribution in [3.63, 3.8) is 0 Å². The Bertz CT molecular complexity index is 889. The smallest absolute Gasteiger partial charge is 0.416 e. The van der Waals surface area contributed by atoms with Gasteiger partial charge in [-0.25, -0.2) is 13.2 Å². The van der Waals surface area contributed by atoms with Crippen molar-refractivity contribution in [1.82, 2.24) is 5.32 Å². The first-order valence-electron chi connectivity index (χ1n) is 7.62. The highest BCUT2D eigenvalue weighted by Gasteiger charge is 2.36. The van der Waals surface area contributed by atoms with E-state index in [1.807, 2.05) is 0 Å². The van der Waals surface area contributed by atoms with E-state index in [0.717, 1.165) is 18.2 Å². The van der Waals surface area contributed by atoms with Gasteiger partial charge in [-0.3, -0.25) is 0 Å². The molecule has 0 fully saturated rings. The molecule has 0 aliphatic heterocycles. The maximum atomic E-state index is 13.2. The predicted molar refractivity (Wildman–Crippen MR) is 93.6 cm³/mol. The standard InChI is InChI=1S/C17H15ClF3NO4S/c18-27(24,25)11-15(13-8-4-5-9-14(13)17(19,20)21)22-16(23)26-10-12-6-2-1-3-7-12/h1-9,15H,10-11H2,(H,22,23). The van der Waals surface area contributed by atoms with Gasteiger partial charge in [-0.1, -0.05) is 48.5 Å². The summed E-state index contributed by atoms with van der Waals surface area (Å²) in [5, 5.41) is 2.15. The molecule has 0 spiro atoms. The molecule has 146 valence electrons. The molecule has 1 amide bonds. The summed E-state index contributed by atoms with van der Waals surface area (Å²) in [6, 6.07) is 11.4. The molecule has 1 atom stereocenters. The SMILES string of the molecule is O=C(NC(CS(=O)(=O)Cl)c1ccccc1C(F)(F)F)OCc1ccccc1. The Hall–Kier alpha value is -2.26. The molecule has 5 nitrogen and oxygen atoms in total. The molecule has 2 aromatic rings. The minimum absolute atomic E-state index is 0.131. The van der Waals surface area contributed by atoms with Gasteiger partial charge in [0.15, 0.2) is 0 Å². The van der Waals surface area contributed by atoms with Gasteiger partial charge < -0.3 is 10.1 Å². The van der Waals surface area contributed by atoms with E-state index < -0.39 is 44.2 Å². The first-order chi connectivity index (χ1) is 12.6. The van der Waals surface area contributed by atoms with Gasteiger partial charge in [0, 0.05) is 10.7 Å². The third-order valence-electron chi connectivity index (χ3n) is 3.51. The van der Waals surface area contributed by atoms with Gasteiger partial charge in [-0.2, -0.15) is 13.2 Å². The largest absolute Gasteiger partial charge is 0.445 e. The summed E-state index contributed by atoms with van der Waals surface area (Å²) in [7, 11) is 0.988. The number of rotatable bonds is 6. The molecule has 1 N–H and O–H groups in total. The van der Waals surface area contributed by atoms with Crippen molar-refractivity contribution in [2.24, 2.45) is 0 Å². The number of alkyl carbamates (subject to hydrolysis) is 1. The van der Waals surface area contributed by atoms with Gasteiger partial charge in [-0.05, 0) is 17.2 Å². The van der Waals surface area contributed by atoms with Crippen molar-refractivity contribution in [2.45, 2.75) is 18.8 Å². The summed E-state index contributed by atoms with van der Waals surface area (Å²) in [4.78, 5) is 12.0. The fraction of sp³-hybridized carbons (Fsp3) is 0.235. The highest BCUT2D eigenvalue weighted by atomic mass is 35.7. The summed E-state index contributed by atoms with van der Waals surface area (Å²) in [6.07, 6.45) is -5.80.